The van der Waals surface area contributed by atoms with Crippen LogP contribution in [0.15, 0.2) is 73.1 Å². The molecule has 0 amide bonds. The van der Waals surface area contributed by atoms with Gasteiger partial charge in [-0.1, -0.05) is 60.7 Å². The van der Waals surface area contributed by atoms with Crippen LogP contribution < -0.4 is 0 Å². The van der Waals surface area contributed by atoms with Crippen LogP contribution in [0.2, 0.25) is 0 Å². The number of alkyl halides is 1. The molecule has 0 spiro atoms. The Morgan fingerprint density at radius 2 is 1.43 bits per heavy atom. The minimum Gasteiger partial charge on any atom is -0.374 e. The Morgan fingerprint density at radius 1 is 0.826 bits per heavy atom. The molecule has 0 atom stereocenters. The van der Waals surface area contributed by atoms with Crippen molar-refractivity contribution in [2.45, 2.75) is 12.5 Å². The molecule has 3 rings (SSSR count). The smallest absolute Gasteiger partial charge is 0.0791 e. The monoisotopic (exact) mass is 326 g/mol. The predicted octanol–water partition coefficient (Wildman–Crippen LogP) is 4.49. The van der Waals surface area contributed by atoms with Crippen molar-refractivity contribution in [2.75, 3.05) is 25.5 Å². The van der Waals surface area contributed by atoms with Crippen molar-refractivity contribution in [1.29, 1.82) is 0 Å². The van der Waals surface area contributed by atoms with E-state index in [2.05, 4.69) is 82.9 Å². The Labute approximate surface area is 144 Å². The van der Waals surface area contributed by atoms with Gasteiger partial charge in [-0.15, -0.1) is 11.6 Å². The van der Waals surface area contributed by atoms with Gasteiger partial charge in [0.1, 0.15) is 0 Å². The summed E-state index contributed by atoms with van der Waals surface area (Å²) in [6, 6.07) is 21.7. The van der Waals surface area contributed by atoms with Gasteiger partial charge in [-0.25, -0.2) is 0 Å². The predicted molar refractivity (Wildman–Crippen MR) is 97.5 cm³/mol. The molecule has 2 aromatic rings. The summed E-state index contributed by atoms with van der Waals surface area (Å²) >= 11 is 5.80. The van der Waals surface area contributed by atoms with E-state index in [0.29, 0.717) is 0 Å². The lowest BCUT2D eigenvalue weighted by Gasteiger charge is -2.37. The number of benzene rings is 2. The average Bonchev–Trinajstić information content (AvgIpc) is 2.63. The zero-order valence-corrected chi connectivity index (χ0v) is 14.1. The number of rotatable bonds is 6. The minimum absolute atomic E-state index is 0.267. The molecule has 2 nitrogen and oxygen atoms in total. The topological polar surface area (TPSA) is 6.48 Å². The van der Waals surface area contributed by atoms with E-state index in [9.17, 15) is 0 Å². The zero-order valence-electron chi connectivity index (χ0n) is 13.3. The molecule has 0 saturated carbocycles. The summed E-state index contributed by atoms with van der Waals surface area (Å²) in [4.78, 5) is 4.79. The lowest BCUT2D eigenvalue weighted by atomic mass is 9.97. The molecule has 0 radical (unpaired) electrons. The molecule has 0 aliphatic carbocycles. The second kappa shape index (κ2) is 8.07. The van der Waals surface area contributed by atoms with Crippen LogP contribution in [0.5, 0.6) is 0 Å². The fraction of sp³-hybridized carbons (Fsp3) is 0.300. The highest BCUT2D eigenvalue weighted by molar-refractivity contribution is 6.17. The van der Waals surface area contributed by atoms with E-state index < -0.39 is 0 Å². The normalized spacial score (nSPS) is 14.5. The average molecular weight is 327 g/mol. The first-order chi connectivity index (χ1) is 11.4. The maximum absolute atomic E-state index is 5.80. The van der Waals surface area contributed by atoms with Crippen LogP contribution in [0, 0.1) is 0 Å². The van der Waals surface area contributed by atoms with Gasteiger partial charge in [-0.3, -0.25) is 0 Å². The first-order valence-corrected chi connectivity index (χ1v) is 8.76. The summed E-state index contributed by atoms with van der Waals surface area (Å²) in [5, 5.41) is 0. The molecule has 1 aliphatic heterocycles. The van der Waals surface area contributed by atoms with Crippen LogP contribution in [-0.2, 0) is 0 Å². The SMILES string of the molecule is ClCCCN1C=CN(C(c2ccccc2)c2ccccc2)CC1. The molecular weight excluding hydrogens is 304 g/mol. The maximum atomic E-state index is 5.80. The molecule has 0 unspecified atom stereocenters. The largest absolute Gasteiger partial charge is 0.374 e. The molecule has 23 heavy (non-hydrogen) atoms. The molecule has 1 aliphatic rings. The molecule has 0 bridgehead atoms. The molecule has 3 heteroatoms. The van der Waals surface area contributed by atoms with Crippen molar-refractivity contribution in [3.05, 3.63) is 84.2 Å². The highest BCUT2D eigenvalue weighted by Crippen LogP contribution is 2.29. The maximum Gasteiger partial charge on any atom is 0.0791 e. The van der Waals surface area contributed by atoms with Gasteiger partial charge in [0.15, 0.2) is 0 Å². The summed E-state index contributed by atoms with van der Waals surface area (Å²) in [6.07, 6.45) is 5.46. The third kappa shape index (κ3) is 4.08. The number of hydrogen-bond donors (Lipinski definition) is 0. The zero-order chi connectivity index (χ0) is 15.9. The van der Waals surface area contributed by atoms with E-state index in [1.54, 1.807) is 0 Å². The summed E-state index contributed by atoms with van der Waals surface area (Å²) in [7, 11) is 0. The van der Waals surface area contributed by atoms with Crippen molar-refractivity contribution >= 4 is 11.6 Å². The fourth-order valence-corrected chi connectivity index (χ4v) is 3.20. The van der Waals surface area contributed by atoms with Crippen LogP contribution in [-0.4, -0.2) is 35.3 Å². The molecule has 0 N–H and O–H groups in total. The first-order valence-electron chi connectivity index (χ1n) is 8.22. The molecule has 2 aromatic carbocycles. The van der Waals surface area contributed by atoms with Gasteiger partial charge in [0.25, 0.3) is 0 Å². The summed E-state index contributed by atoms with van der Waals surface area (Å²) in [5.74, 6) is 0.727. The van der Waals surface area contributed by atoms with Crippen molar-refractivity contribution in [1.82, 2.24) is 9.80 Å². The molecule has 1 heterocycles. The van der Waals surface area contributed by atoms with E-state index in [1.165, 1.54) is 11.1 Å². The van der Waals surface area contributed by atoms with Crippen molar-refractivity contribution in [2.24, 2.45) is 0 Å². The first kappa shape index (κ1) is 15.9. The standard InChI is InChI=1S/C20H23ClN2/c21-12-7-13-22-14-16-23(17-15-22)20(18-8-3-1-4-9-18)19-10-5-2-6-11-19/h1-6,8-11,14,16,20H,7,12-13,15,17H2. The van der Waals surface area contributed by atoms with Crippen molar-refractivity contribution in [3.8, 4) is 0 Å². The second-order valence-electron chi connectivity index (χ2n) is 5.84. The van der Waals surface area contributed by atoms with E-state index in [1.807, 2.05) is 0 Å². The van der Waals surface area contributed by atoms with Crippen LogP contribution in [0.25, 0.3) is 0 Å². The van der Waals surface area contributed by atoms with Crippen LogP contribution >= 0.6 is 11.6 Å². The van der Waals surface area contributed by atoms with E-state index in [-0.39, 0.29) is 6.04 Å². The molecule has 0 fully saturated rings. The van der Waals surface area contributed by atoms with Gasteiger partial charge in [-0.2, -0.15) is 0 Å². The third-order valence-corrected chi connectivity index (χ3v) is 4.52. The molecular formula is C20H23ClN2. The van der Waals surface area contributed by atoms with Crippen molar-refractivity contribution < 1.29 is 0 Å². The number of nitrogens with zero attached hydrogens (tertiary/aromatic N) is 2. The lowest BCUT2D eigenvalue weighted by Crippen LogP contribution is -2.37. The Hall–Kier alpha value is -1.93. The second-order valence-corrected chi connectivity index (χ2v) is 6.22. The van der Waals surface area contributed by atoms with Gasteiger partial charge >= 0.3 is 0 Å². The van der Waals surface area contributed by atoms with E-state index in [0.717, 1.165) is 31.9 Å². The van der Waals surface area contributed by atoms with Gasteiger partial charge < -0.3 is 9.80 Å². The highest BCUT2D eigenvalue weighted by atomic mass is 35.5. The molecule has 120 valence electrons. The molecule has 0 saturated heterocycles. The molecule has 0 aromatic heterocycles. The van der Waals surface area contributed by atoms with Gasteiger partial charge in [0.05, 0.1) is 6.04 Å². The van der Waals surface area contributed by atoms with Crippen LogP contribution in [0.3, 0.4) is 0 Å². The quantitative estimate of drug-likeness (QED) is 0.721. The summed E-state index contributed by atoms with van der Waals surface area (Å²) in [6.45, 7) is 3.10. The summed E-state index contributed by atoms with van der Waals surface area (Å²) < 4.78 is 0. The fourth-order valence-electron chi connectivity index (χ4n) is 3.08. The van der Waals surface area contributed by atoms with Crippen molar-refractivity contribution in [3.63, 3.8) is 0 Å². The van der Waals surface area contributed by atoms with E-state index >= 15 is 0 Å². The summed E-state index contributed by atoms with van der Waals surface area (Å²) in [5.41, 5.74) is 2.66. The highest BCUT2D eigenvalue weighted by Gasteiger charge is 2.22. The van der Waals surface area contributed by atoms with Gasteiger partial charge in [0.2, 0.25) is 0 Å². The Kier molecular flexibility index (Phi) is 5.60. The van der Waals surface area contributed by atoms with E-state index in [4.69, 9.17) is 11.6 Å². The van der Waals surface area contributed by atoms with Crippen LogP contribution in [0.4, 0.5) is 0 Å². The lowest BCUT2D eigenvalue weighted by molar-refractivity contribution is 0.232. The third-order valence-electron chi connectivity index (χ3n) is 4.26. The Morgan fingerprint density at radius 3 is 1.91 bits per heavy atom. The number of halogens is 1. The van der Waals surface area contributed by atoms with Gasteiger partial charge in [-0.05, 0) is 17.5 Å². The number of hydrogen-bond acceptors (Lipinski definition) is 2. The minimum atomic E-state index is 0.267. The Bertz CT molecular complexity index is 573. The van der Waals surface area contributed by atoms with Gasteiger partial charge in [0, 0.05) is 37.9 Å². The van der Waals surface area contributed by atoms with Crippen LogP contribution in [0.1, 0.15) is 23.6 Å². The Balaban J connectivity index is 1.83.